The van der Waals surface area contributed by atoms with Crippen LogP contribution in [0, 0.1) is 0 Å². The number of hydrogen-bond donors (Lipinski definition) is 1. The Morgan fingerprint density at radius 1 is 1.16 bits per heavy atom. The Hall–Kier alpha value is -3.55. The summed E-state index contributed by atoms with van der Waals surface area (Å²) in [7, 11) is 2.90. The van der Waals surface area contributed by atoms with Gasteiger partial charge in [0.15, 0.2) is 11.5 Å². The van der Waals surface area contributed by atoms with Crippen LogP contribution in [0.4, 0.5) is 5.69 Å². The van der Waals surface area contributed by atoms with Gasteiger partial charge in [-0.05, 0) is 36.6 Å². The molecule has 2 atom stereocenters. The number of methoxy groups -OCH3 is 2. The van der Waals surface area contributed by atoms with Crippen LogP contribution < -0.4 is 14.8 Å². The number of aryl methyl sites for hydroxylation is 1. The normalized spacial score (nSPS) is 19.8. The van der Waals surface area contributed by atoms with Gasteiger partial charge >= 0.3 is 5.97 Å². The van der Waals surface area contributed by atoms with Crippen molar-refractivity contribution in [3.63, 3.8) is 0 Å². The van der Waals surface area contributed by atoms with Gasteiger partial charge in [0.25, 0.3) is 0 Å². The van der Waals surface area contributed by atoms with Crippen molar-refractivity contribution in [2.24, 2.45) is 0 Å². The van der Waals surface area contributed by atoms with Gasteiger partial charge in [-0.1, -0.05) is 25.1 Å². The number of nitrogens with one attached hydrogen (secondary N) is 1. The van der Waals surface area contributed by atoms with Gasteiger partial charge in [-0.15, -0.1) is 0 Å². The largest absolute Gasteiger partial charge is 0.493 e. The maximum atomic E-state index is 13.1. The number of likely N-dealkylation sites (tertiary alicyclic amines) is 1. The molecule has 2 aromatic carbocycles. The number of benzene rings is 2. The standard InChI is InChI=1S/C23H24N2O6/c1-4-13-7-5-6-8-15(13)24-21(27)16-10-12-18(26)25(16)22-14-9-11-17(29-2)20(30-3)19(14)23(28)31-22/h5-9,11,16,22H,4,10,12H2,1-3H3,(H,24,27)/t16-,22+/m0/s1. The van der Waals surface area contributed by atoms with Gasteiger partial charge in [0.1, 0.15) is 11.6 Å². The molecule has 2 amide bonds. The molecule has 8 heteroatoms. The minimum atomic E-state index is -0.991. The fourth-order valence-corrected chi connectivity index (χ4v) is 4.21. The SMILES string of the molecule is CCc1ccccc1NC(=O)[C@@H]1CCC(=O)N1[C@@H]1OC(=O)c2c1ccc(OC)c2OC. The van der Waals surface area contributed by atoms with Crippen LogP contribution in [0.5, 0.6) is 11.5 Å². The molecule has 2 aliphatic heterocycles. The molecule has 2 aliphatic rings. The van der Waals surface area contributed by atoms with E-state index in [2.05, 4.69) is 5.32 Å². The summed E-state index contributed by atoms with van der Waals surface area (Å²) in [4.78, 5) is 39.9. The molecule has 162 valence electrons. The molecule has 0 aliphatic carbocycles. The first-order chi connectivity index (χ1) is 15.0. The lowest BCUT2D eigenvalue weighted by molar-refractivity contribution is -0.144. The Morgan fingerprint density at radius 3 is 2.65 bits per heavy atom. The zero-order chi connectivity index (χ0) is 22.1. The van der Waals surface area contributed by atoms with E-state index < -0.39 is 18.2 Å². The van der Waals surface area contributed by atoms with Gasteiger partial charge in [0.2, 0.25) is 18.0 Å². The van der Waals surface area contributed by atoms with Gasteiger partial charge < -0.3 is 19.5 Å². The summed E-state index contributed by atoms with van der Waals surface area (Å²) in [5.41, 5.74) is 2.40. The van der Waals surface area contributed by atoms with E-state index in [1.165, 1.54) is 19.1 Å². The molecule has 2 aromatic rings. The number of carbonyl (C=O) groups excluding carboxylic acids is 3. The lowest BCUT2D eigenvalue weighted by atomic mass is 10.0. The van der Waals surface area contributed by atoms with Crippen LogP contribution in [-0.2, 0) is 20.7 Å². The van der Waals surface area contributed by atoms with E-state index in [1.54, 1.807) is 12.1 Å². The summed E-state index contributed by atoms with van der Waals surface area (Å²) in [5.74, 6) is -0.541. The molecule has 4 rings (SSSR count). The molecular formula is C23H24N2O6. The van der Waals surface area contributed by atoms with E-state index in [4.69, 9.17) is 14.2 Å². The molecule has 0 radical (unpaired) electrons. The van der Waals surface area contributed by atoms with Crippen LogP contribution >= 0.6 is 0 Å². The minimum absolute atomic E-state index is 0.199. The number of cyclic esters (lactones) is 1. The Labute approximate surface area is 180 Å². The number of hydrogen-bond acceptors (Lipinski definition) is 6. The number of amides is 2. The third-order valence-electron chi connectivity index (χ3n) is 5.73. The highest BCUT2D eigenvalue weighted by molar-refractivity contribution is 6.01. The van der Waals surface area contributed by atoms with Crippen molar-refractivity contribution in [2.75, 3.05) is 19.5 Å². The molecule has 31 heavy (non-hydrogen) atoms. The van der Waals surface area contributed by atoms with E-state index >= 15 is 0 Å². The number of esters is 1. The average Bonchev–Trinajstić information content (AvgIpc) is 3.32. The summed E-state index contributed by atoms with van der Waals surface area (Å²) in [6, 6.07) is 10.1. The second kappa shape index (κ2) is 8.29. The van der Waals surface area contributed by atoms with Gasteiger partial charge in [0.05, 0.1) is 14.2 Å². The van der Waals surface area contributed by atoms with Crippen LogP contribution in [0.3, 0.4) is 0 Å². The maximum absolute atomic E-state index is 13.1. The molecule has 1 fully saturated rings. The molecule has 0 unspecified atom stereocenters. The zero-order valence-electron chi connectivity index (χ0n) is 17.6. The average molecular weight is 424 g/mol. The van der Waals surface area contributed by atoms with Gasteiger partial charge in [-0.2, -0.15) is 0 Å². The third-order valence-corrected chi connectivity index (χ3v) is 5.73. The van der Waals surface area contributed by atoms with Crippen molar-refractivity contribution in [1.82, 2.24) is 4.90 Å². The predicted molar refractivity (Wildman–Crippen MR) is 112 cm³/mol. The highest BCUT2D eigenvalue weighted by Crippen LogP contribution is 2.45. The van der Waals surface area contributed by atoms with Crippen molar-refractivity contribution >= 4 is 23.5 Å². The Morgan fingerprint density at radius 2 is 1.94 bits per heavy atom. The van der Waals surface area contributed by atoms with E-state index in [9.17, 15) is 14.4 Å². The molecule has 0 spiro atoms. The van der Waals surface area contributed by atoms with E-state index in [-0.39, 0.29) is 29.5 Å². The molecule has 1 saturated heterocycles. The molecule has 0 aromatic heterocycles. The fraction of sp³-hybridized carbons (Fsp3) is 0.348. The second-order valence-corrected chi connectivity index (χ2v) is 7.38. The number of fused-ring (bicyclic) bond motifs is 1. The number of anilines is 1. The lowest BCUT2D eigenvalue weighted by Gasteiger charge is -2.29. The minimum Gasteiger partial charge on any atom is -0.493 e. The maximum Gasteiger partial charge on any atom is 0.344 e. The molecule has 0 bridgehead atoms. The summed E-state index contributed by atoms with van der Waals surface area (Å²) < 4.78 is 16.2. The van der Waals surface area contributed by atoms with E-state index in [0.29, 0.717) is 23.4 Å². The number of carbonyl (C=O) groups is 3. The Bertz CT molecular complexity index is 1050. The Balaban J connectivity index is 1.66. The van der Waals surface area contributed by atoms with Gasteiger partial charge in [0, 0.05) is 17.7 Å². The van der Waals surface area contributed by atoms with Crippen LogP contribution in [0.1, 0.15) is 47.5 Å². The number of rotatable bonds is 6. The Kier molecular flexibility index (Phi) is 5.54. The first-order valence-corrected chi connectivity index (χ1v) is 10.2. The zero-order valence-corrected chi connectivity index (χ0v) is 17.6. The highest BCUT2D eigenvalue weighted by atomic mass is 16.6. The van der Waals surface area contributed by atoms with Crippen molar-refractivity contribution in [3.05, 3.63) is 53.1 Å². The summed E-state index contributed by atoms with van der Waals surface area (Å²) in [5, 5.41) is 2.94. The van der Waals surface area contributed by atoms with Crippen LogP contribution in [0.15, 0.2) is 36.4 Å². The fourth-order valence-electron chi connectivity index (χ4n) is 4.21. The molecule has 8 nitrogen and oxygen atoms in total. The predicted octanol–water partition coefficient (Wildman–Crippen LogP) is 3.06. The highest BCUT2D eigenvalue weighted by Gasteiger charge is 2.47. The second-order valence-electron chi connectivity index (χ2n) is 7.38. The number of nitrogens with zero attached hydrogens (tertiary/aromatic N) is 1. The van der Waals surface area contributed by atoms with Crippen molar-refractivity contribution < 1.29 is 28.6 Å². The summed E-state index contributed by atoms with van der Waals surface area (Å²) in [6.45, 7) is 2.01. The van der Waals surface area contributed by atoms with Crippen molar-refractivity contribution in [2.45, 2.75) is 38.5 Å². The monoisotopic (exact) mass is 424 g/mol. The lowest BCUT2D eigenvalue weighted by Crippen LogP contribution is -2.44. The molecule has 2 heterocycles. The van der Waals surface area contributed by atoms with Crippen molar-refractivity contribution in [3.8, 4) is 11.5 Å². The number of para-hydroxylation sites is 1. The van der Waals surface area contributed by atoms with Crippen molar-refractivity contribution in [1.29, 1.82) is 0 Å². The topological polar surface area (TPSA) is 94.2 Å². The van der Waals surface area contributed by atoms with E-state index in [1.807, 2.05) is 31.2 Å². The quantitative estimate of drug-likeness (QED) is 0.717. The van der Waals surface area contributed by atoms with Crippen LogP contribution in [-0.4, -0.2) is 42.9 Å². The molecule has 0 saturated carbocycles. The van der Waals surface area contributed by atoms with Gasteiger partial charge in [-0.3, -0.25) is 14.5 Å². The van der Waals surface area contributed by atoms with Crippen LogP contribution in [0.25, 0.3) is 0 Å². The molecular weight excluding hydrogens is 400 g/mol. The third kappa shape index (κ3) is 3.48. The first kappa shape index (κ1) is 20.7. The molecule has 1 N–H and O–H groups in total. The van der Waals surface area contributed by atoms with Crippen LogP contribution in [0.2, 0.25) is 0 Å². The van der Waals surface area contributed by atoms with E-state index in [0.717, 1.165) is 12.0 Å². The van der Waals surface area contributed by atoms with Gasteiger partial charge in [-0.25, -0.2) is 4.79 Å². The smallest absolute Gasteiger partial charge is 0.344 e. The first-order valence-electron chi connectivity index (χ1n) is 10.2. The summed E-state index contributed by atoms with van der Waals surface area (Å²) in [6.07, 6.45) is 0.313. The number of ether oxygens (including phenoxy) is 3. The summed E-state index contributed by atoms with van der Waals surface area (Å²) >= 11 is 0.